The van der Waals surface area contributed by atoms with Crippen LogP contribution in [0.1, 0.15) is 34.5 Å². The molecule has 0 aliphatic rings. The van der Waals surface area contributed by atoms with Crippen molar-refractivity contribution < 1.29 is 10.2 Å². The number of rotatable bonds is 5. The largest absolute Gasteiger partial charge is 0.493 e. The van der Waals surface area contributed by atoms with Crippen molar-refractivity contribution in [2.75, 3.05) is 0 Å². The predicted octanol–water partition coefficient (Wildman–Crippen LogP) is 7.79. The average Bonchev–Trinajstić information content (AvgIpc) is 3.70. The molecule has 7 aromatic rings. The van der Waals surface area contributed by atoms with Gasteiger partial charge in [0.05, 0.1) is 36.4 Å². The number of imidazole rings is 2. The van der Waals surface area contributed by atoms with E-state index in [-0.39, 0.29) is 11.8 Å². The minimum absolute atomic E-state index is 0.107. The van der Waals surface area contributed by atoms with Crippen molar-refractivity contribution in [1.82, 2.24) is 29.1 Å². The van der Waals surface area contributed by atoms with E-state index in [1.165, 1.54) is 22.7 Å². The van der Waals surface area contributed by atoms with E-state index in [9.17, 15) is 10.2 Å². The molecule has 2 N–H and O–H groups in total. The Labute approximate surface area is 251 Å². The zero-order valence-corrected chi connectivity index (χ0v) is 24.7. The lowest BCUT2D eigenvalue weighted by Crippen LogP contribution is -2.06. The molecule has 0 amide bonds. The van der Waals surface area contributed by atoms with Crippen LogP contribution in [0.3, 0.4) is 0 Å². The molecule has 0 bridgehead atoms. The number of benzene rings is 3. The molecule has 0 saturated carbocycles. The summed E-state index contributed by atoms with van der Waals surface area (Å²) >= 11 is 15.6. The molecule has 41 heavy (non-hydrogen) atoms. The van der Waals surface area contributed by atoms with Gasteiger partial charge in [-0.15, -0.1) is 0 Å². The van der Waals surface area contributed by atoms with E-state index in [1.807, 2.05) is 48.5 Å². The average molecular weight is 620 g/mol. The first-order valence-corrected chi connectivity index (χ1v) is 14.9. The molecule has 204 valence electrons. The van der Waals surface area contributed by atoms with E-state index in [2.05, 4.69) is 0 Å². The van der Waals surface area contributed by atoms with E-state index in [0.29, 0.717) is 48.9 Å². The van der Waals surface area contributed by atoms with Crippen LogP contribution in [0.4, 0.5) is 0 Å². The van der Waals surface area contributed by atoms with Crippen molar-refractivity contribution in [1.29, 1.82) is 0 Å². The third-order valence-electron chi connectivity index (χ3n) is 6.87. The minimum atomic E-state index is -0.784. The molecule has 0 aliphatic carbocycles. The lowest BCUT2D eigenvalue weighted by atomic mass is 9.92. The molecule has 0 unspecified atom stereocenters. The number of hydrogen-bond donors (Lipinski definition) is 2. The van der Waals surface area contributed by atoms with E-state index in [1.54, 1.807) is 41.2 Å². The molecule has 3 aromatic carbocycles. The first kappa shape index (κ1) is 26.0. The molecule has 4 heterocycles. The van der Waals surface area contributed by atoms with Gasteiger partial charge in [-0.05, 0) is 55.8 Å². The van der Waals surface area contributed by atoms with E-state index < -0.39 is 5.92 Å². The molecule has 0 radical (unpaired) electrons. The maximum absolute atomic E-state index is 11.7. The van der Waals surface area contributed by atoms with Crippen LogP contribution in [0, 0.1) is 13.8 Å². The van der Waals surface area contributed by atoms with Gasteiger partial charge in [-0.25, -0.2) is 29.1 Å². The molecule has 0 spiro atoms. The molecule has 0 atom stereocenters. The number of aryl methyl sites for hydroxylation is 2. The zero-order valence-electron chi connectivity index (χ0n) is 21.6. The Morgan fingerprint density at radius 3 is 1.61 bits per heavy atom. The Bertz CT molecular complexity index is 1920. The van der Waals surface area contributed by atoms with Crippen molar-refractivity contribution in [2.45, 2.75) is 19.8 Å². The summed E-state index contributed by atoms with van der Waals surface area (Å²) < 4.78 is 5.19. The van der Waals surface area contributed by atoms with Crippen LogP contribution >= 0.6 is 45.9 Å². The van der Waals surface area contributed by atoms with Gasteiger partial charge >= 0.3 is 0 Å². The monoisotopic (exact) mass is 618 g/mol. The number of aromatic hydroxyl groups is 2. The standard InChI is InChI=1S/C29H20Cl2N6O2S2/c1-14-32-24(26(38)36(14)28-34-19-7-3-5-9-21(19)40-28)23(16-11-12-17(30)18(31)13-16)25-27(39)37(15(2)33-25)29-35-20-8-4-6-10-22(20)41-29/h3-13,23,38-39H,1-2H3. The Hall–Kier alpha value is -3.96. The number of hydrogen-bond acceptors (Lipinski definition) is 8. The van der Waals surface area contributed by atoms with Crippen molar-refractivity contribution in [3.05, 3.63) is 105 Å². The maximum Gasteiger partial charge on any atom is 0.222 e. The smallest absolute Gasteiger partial charge is 0.222 e. The number of nitrogens with zero attached hydrogens (tertiary/aromatic N) is 6. The van der Waals surface area contributed by atoms with Gasteiger partial charge in [0, 0.05) is 0 Å². The van der Waals surface area contributed by atoms with Crippen molar-refractivity contribution in [3.63, 3.8) is 0 Å². The predicted molar refractivity (Wildman–Crippen MR) is 164 cm³/mol. The zero-order chi connectivity index (χ0) is 28.4. The van der Waals surface area contributed by atoms with Gasteiger partial charge < -0.3 is 10.2 Å². The topological polar surface area (TPSA) is 102 Å². The first-order chi connectivity index (χ1) is 19.8. The van der Waals surface area contributed by atoms with Crippen LogP contribution in [0.25, 0.3) is 30.7 Å². The first-order valence-electron chi connectivity index (χ1n) is 12.5. The van der Waals surface area contributed by atoms with Crippen molar-refractivity contribution in [2.24, 2.45) is 0 Å². The summed E-state index contributed by atoms with van der Waals surface area (Å²) in [5, 5.41) is 25.2. The third-order valence-corrected chi connectivity index (χ3v) is 9.65. The summed E-state index contributed by atoms with van der Waals surface area (Å²) in [5.41, 5.74) is 2.89. The molecule has 0 aliphatic heterocycles. The van der Waals surface area contributed by atoms with Gasteiger partial charge in [0.2, 0.25) is 11.8 Å². The van der Waals surface area contributed by atoms with Gasteiger partial charge in [-0.3, -0.25) is 0 Å². The number of para-hydroxylation sites is 2. The van der Waals surface area contributed by atoms with Crippen LogP contribution in [0.2, 0.25) is 10.0 Å². The Balaban J connectivity index is 1.43. The van der Waals surface area contributed by atoms with Gasteiger partial charge in [0.25, 0.3) is 0 Å². The fourth-order valence-corrected chi connectivity index (χ4v) is 7.32. The van der Waals surface area contributed by atoms with E-state index in [4.69, 9.17) is 43.1 Å². The second-order valence-electron chi connectivity index (χ2n) is 9.44. The van der Waals surface area contributed by atoms with E-state index in [0.717, 1.165) is 20.4 Å². The highest BCUT2D eigenvalue weighted by molar-refractivity contribution is 7.21. The third kappa shape index (κ3) is 4.26. The van der Waals surface area contributed by atoms with Crippen LogP contribution < -0.4 is 0 Å². The van der Waals surface area contributed by atoms with Gasteiger partial charge in [-0.2, -0.15) is 0 Å². The van der Waals surface area contributed by atoms with Gasteiger partial charge in [0.15, 0.2) is 10.3 Å². The lowest BCUT2D eigenvalue weighted by Gasteiger charge is -2.15. The second kappa shape index (κ2) is 9.85. The molecule has 4 aromatic heterocycles. The number of thiazole rings is 2. The summed E-state index contributed by atoms with van der Waals surface area (Å²) in [6, 6.07) is 20.7. The van der Waals surface area contributed by atoms with Crippen LogP contribution in [0.15, 0.2) is 66.7 Å². The van der Waals surface area contributed by atoms with E-state index >= 15 is 0 Å². The summed E-state index contributed by atoms with van der Waals surface area (Å²) in [6.45, 7) is 3.60. The van der Waals surface area contributed by atoms with Gasteiger partial charge in [0.1, 0.15) is 23.0 Å². The Morgan fingerprint density at radius 2 is 1.15 bits per heavy atom. The molecule has 12 heteroatoms. The molecular weight excluding hydrogens is 599 g/mol. The summed E-state index contributed by atoms with van der Waals surface area (Å²) in [6.07, 6.45) is 0. The molecular formula is C29H20Cl2N6O2S2. The molecule has 0 fully saturated rings. The number of aromatic nitrogens is 6. The molecule has 0 saturated heterocycles. The molecule has 8 nitrogen and oxygen atoms in total. The quantitative estimate of drug-likeness (QED) is 0.204. The molecule has 7 rings (SSSR count). The fraction of sp³-hybridized carbons (Fsp3) is 0.103. The summed E-state index contributed by atoms with van der Waals surface area (Å²) in [5.74, 6) is 0.0636. The Kier molecular flexibility index (Phi) is 6.24. The van der Waals surface area contributed by atoms with Crippen molar-refractivity contribution >= 4 is 66.3 Å². The summed E-state index contributed by atoms with van der Waals surface area (Å²) in [7, 11) is 0. The second-order valence-corrected chi connectivity index (χ2v) is 12.3. The van der Waals surface area contributed by atoms with Crippen LogP contribution in [-0.4, -0.2) is 39.3 Å². The van der Waals surface area contributed by atoms with Crippen molar-refractivity contribution in [3.8, 4) is 22.0 Å². The number of fused-ring (bicyclic) bond motifs is 2. The lowest BCUT2D eigenvalue weighted by molar-refractivity contribution is 0.425. The highest BCUT2D eigenvalue weighted by Crippen LogP contribution is 2.44. The number of halogens is 2. The minimum Gasteiger partial charge on any atom is -0.493 e. The fourth-order valence-electron chi connectivity index (χ4n) is 4.98. The maximum atomic E-state index is 11.7. The van der Waals surface area contributed by atoms with Gasteiger partial charge in [-0.1, -0.05) is 76.2 Å². The highest BCUT2D eigenvalue weighted by Gasteiger charge is 2.33. The van der Waals surface area contributed by atoms with Crippen LogP contribution in [0.5, 0.6) is 11.8 Å². The normalized spacial score (nSPS) is 11.8. The highest BCUT2D eigenvalue weighted by atomic mass is 35.5. The summed E-state index contributed by atoms with van der Waals surface area (Å²) in [4.78, 5) is 19.0. The SMILES string of the molecule is Cc1nc(C(c2ccc(Cl)c(Cl)c2)c2nc(C)n(-c3nc4ccccc4s3)c2O)c(O)n1-c1nc2ccccc2s1. The Morgan fingerprint density at radius 1 is 0.659 bits per heavy atom. The van der Waals surface area contributed by atoms with Crippen LogP contribution in [-0.2, 0) is 0 Å².